The van der Waals surface area contributed by atoms with Crippen LogP contribution in [0.2, 0.25) is 0 Å². The van der Waals surface area contributed by atoms with E-state index in [0.29, 0.717) is 30.9 Å². The van der Waals surface area contributed by atoms with Gasteiger partial charge < -0.3 is 20.7 Å². The molecule has 1 unspecified atom stereocenters. The Bertz CT molecular complexity index is 426. The lowest BCUT2D eigenvalue weighted by Crippen LogP contribution is -2.42. The Morgan fingerprint density at radius 1 is 1.45 bits per heavy atom. The number of nitrogens with two attached hydrogens (primary N) is 1. The number of rotatable bonds is 6. The van der Waals surface area contributed by atoms with Crippen LogP contribution in [0.1, 0.15) is 32.5 Å². The van der Waals surface area contributed by atoms with Gasteiger partial charge in [0.05, 0.1) is 0 Å². The molecule has 112 valence electrons. The fourth-order valence-corrected chi connectivity index (χ4v) is 2.52. The summed E-state index contributed by atoms with van der Waals surface area (Å²) in [4.78, 5) is 11.1. The standard InChI is InChI=1S/C14H25N5O/c1-3-19-7-5-6-11(9-19)16-13-8-12(15)17-14(18-13)10-20-4-2/h8,11H,3-7,9-10H2,1-2H3,(H3,15,16,17,18). The normalized spacial score (nSPS) is 20.0. The maximum atomic E-state index is 5.83. The SMILES string of the molecule is CCOCc1nc(N)cc(NC2CCCN(CC)C2)n1. The van der Waals surface area contributed by atoms with E-state index >= 15 is 0 Å². The summed E-state index contributed by atoms with van der Waals surface area (Å²) in [6.07, 6.45) is 2.39. The molecule has 2 rings (SSSR count). The van der Waals surface area contributed by atoms with Gasteiger partial charge in [-0.05, 0) is 32.9 Å². The number of hydrogen-bond acceptors (Lipinski definition) is 6. The number of hydrogen-bond donors (Lipinski definition) is 2. The molecule has 0 bridgehead atoms. The van der Waals surface area contributed by atoms with Crippen molar-refractivity contribution in [3.8, 4) is 0 Å². The molecule has 1 aliphatic heterocycles. The highest BCUT2D eigenvalue weighted by molar-refractivity contribution is 5.45. The second kappa shape index (κ2) is 7.40. The number of nitrogens with one attached hydrogen (secondary N) is 1. The molecular formula is C14H25N5O. The quantitative estimate of drug-likeness (QED) is 0.821. The average molecular weight is 279 g/mol. The Kier molecular flexibility index (Phi) is 5.55. The van der Waals surface area contributed by atoms with Crippen LogP contribution in [0, 0.1) is 0 Å². The number of ether oxygens (including phenoxy) is 1. The molecule has 0 saturated carbocycles. The maximum absolute atomic E-state index is 5.83. The molecule has 0 aliphatic carbocycles. The largest absolute Gasteiger partial charge is 0.384 e. The summed E-state index contributed by atoms with van der Waals surface area (Å²) in [5.74, 6) is 1.92. The second-order valence-corrected chi connectivity index (χ2v) is 5.11. The van der Waals surface area contributed by atoms with Gasteiger partial charge >= 0.3 is 0 Å². The lowest BCUT2D eigenvalue weighted by atomic mass is 10.1. The molecule has 1 atom stereocenters. The minimum atomic E-state index is 0.405. The highest BCUT2D eigenvalue weighted by atomic mass is 16.5. The zero-order chi connectivity index (χ0) is 14.4. The van der Waals surface area contributed by atoms with Crippen molar-refractivity contribution in [2.24, 2.45) is 0 Å². The summed E-state index contributed by atoms with van der Waals surface area (Å²) in [7, 11) is 0. The highest BCUT2D eigenvalue weighted by Crippen LogP contribution is 2.16. The van der Waals surface area contributed by atoms with Crippen molar-refractivity contribution < 1.29 is 4.74 Å². The summed E-state index contributed by atoms with van der Waals surface area (Å²) in [5, 5.41) is 3.47. The smallest absolute Gasteiger partial charge is 0.158 e. The van der Waals surface area contributed by atoms with Gasteiger partial charge in [-0.1, -0.05) is 6.92 Å². The molecule has 6 nitrogen and oxygen atoms in total. The zero-order valence-corrected chi connectivity index (χ0v) is 12.4. The van der Waals surface area contributed by atoms with Crippen LogP contribution in [0.3, 0.4) is 0 Å². The number of likely N-dealkylation sites (N-methyl/N-ethyl adjacent to an activating group) is 1. The Morgan fingerprint density at radius 2 is 2.30 bits per heavy atom. The van der Waals surface area contributed by atoms with Gasteiger partial charge in [0.2, 0.25) is 0 Å². The Balaban J connectivity index is 1.99. The summed E-state index contributed by atoms with van der Waals surface area (Å²) < 4.78 is 5.34. The fourth-order valence-electron chi connectivity index (χ4n) is 2.52. The van der Waals surface area contributed by atoms with E-state index in [1.54, 1.807) is 6.07 Å². The predicted molar refractivity (Wildman–Crippen MR) is 80.5 cm³/mol. The van der Waals surface area contributed by atoms with Gasteiger partial charge in [0.15, 0.2) is 5.82 Å². The maximum Gasteiger partial charge on any atom is 0.158 e. The molecule has 1 saturated heterocycles. The van der Waals surface area contributed by atoms with Gasteiger partial charge in [0.25, 0.3) is 0 Å². The average Bonchev–Trinajstić information content (AvgIpc) is 2.44. The monoisotopic (exact) mass is 279 g/mol. The lowest BCUT2D eigenvalue weighted by molar-refractivity contribution is 0.128. The molecule has 0 aromatic carbocycles. The van der Waals surface area contributed by atoms with Crippen LogP contribution < -0.4 is 11.1 Å². The first-order valence-corrected chi connectivity index (χ1v) is 7.41. The van der Waals surface area contributed by atoms with E-state index in [0.717, 1.165) is 18.9 Å². The van der Waals surface area contributed by atoms with Gasteiger partial charge in [0.1, 0.15) is 18.2 Å². The fraction of sp³-hybridized carbons (Fsp3) is 0.714. The van der Waals surface area contributed by atoms with Crippen molar-refractivity contribution in [2.75, 3.05) is 37.3 Å². The lowest BCUT2D eigenvalue weighted by Gasteiger charge is -2.32. The first kappa shape index (κ1) is 15.0. The van der Waals surface area contributed by atoms with Crippen LogP contribution in [0.5, 0.6) is 0 Å². The summed E-state index contributed by atoms with van der Waals surface area (Å²) in [6, 6.07) is 2.22. The van der Waals surface area contributed by atoms with E-state index < -0.39 is 0 Å². The number of aromatic nitrogens is 2. The number of piperidine rings is 1. The third-order valence-corrected chi connectivity index (χ3v) is 3.53. The van der Waals surface area contributed by atoms with E-state index in [9.17, 15) is 0 Å². The molecular weight excluding hydrogens is 254 g/mol. The van der Waals surface area contributed by atoms with Crippen LogP contribution in [0.25, 0.3) is 0 Å². The Hall–Kier alpha value is -1.40. The van der Waals surface area contributed by atoms with Crippen molar-refractivity contribution in [2.45, 2.75) is 39.3 Å². The molecule has 6 heteroatoms. The molecule has 0 spiro atoms. The van der Waals surface area contributed by atoms with Gasteiger partial charge in [0, 0.05) is 25.3 Å². The van der Waals surface area contributed by atoms with Gasteiger partial charge in [-0.2, -0.15) is 0 Å². The molecule has 1 aromatic rings. The van der Waals surface area contributed by atoms with Crippen molar-refractivity contribution in [3.63, 3.8) is 0 Å². The first-order valence-electron chi connectivity index (χ1n) is 7.41. The molecule has 2 heterocycles. The number of nitrogen functional groups attached to an aromatic ring is 1. The summed E-state index contributed by atoms with van der Waals surface area (Å²) in [5.41, 5.74) is 5.83. The van der Waals surface area contributed by atoms with Gasteiger partial charge in [-0.3, -0.25) is 0 Å². The summed E-state index contributed by atoms with van der Waals surface area (Å²) in [6.45, 7) is 8.55. The Labute approximate surface area is 120 Å². The van der Waals surface area contributed by atoms with E-state index in [2.05, 4.69) is 27.1 Å². The molecule has 20 heavy (non-hydrogen) atoms. The van der Waals surface area contributed by atoms with Crippen LogP contribution in [-0.4, -0.2) is 47.2 Å². The van der Waals surface area contributed by atoms with Crippen LogP contribution in [0.15, 0.2) is 6.07 Å². The molecule has 0 radical (unpaired) electrons. The molecule has 3 N–H and O–H groups in total. The van der Waals surface area contributed by atoms with E-state index in [1.165, 1.54) is 19.4 Å². The molecule has 1 aromatic heterocycles. The van der Waals surface area contributed by atoms with Crippen LogP contribution >= 0.6 is 0 Å². The third-order valence-electron chi connectivity index (χ3n) is 3.53. The first-order chi connectivity index (χ1) is 9.71. The Morgan fingerprint density at radius 3 is 3.05 bits per heavy atom. The van der Waals surface area contributed by atoms with Gasteiger partial charge in [-0.15, -0.1) is 0 Å². The van der Waals surface area contributed by atoms with E-state index in [4.69, 9.17) is 10.5 Å². The van der Waals surface area contributed by atoms with Crippen LogP contribution in [-0.2, 0) is 11.3 Å². The number of nitrogens with zero attached hydrogens (tertiary/aromatic N) is 3. The minimum Gasteiger partial charge on any atom is -0.384 e. The molecule has 1 aliphatic rings. The van der Waals surface area contributed by atoms with Crippen molar-refractivity contribution in [1.29, 1.82) is 0 Å². The van der Waals surface area contributed by atoms with Crippen molar-refractivity contribution in [1.82, 2.24) is 14.9 Å². The van der Waals surface area contributed by atoms with Gasteiger partial charge in [-0.25, -0.2) is 9.97 Å². The van der Waals surface area contributed by atoms with E-state index in [1.807, 2.05) is 6.92 Å². The van der Waals surface area contributed by atoms with Crippen molar-refractivity contribution in [3.05, 3.63) is 11.9 Å². The second-order valence-electron chi connectivity index (χ2n) is 5.11. The van der Waals surface area contributed by atoms with E-state index in [-0.39, 0.29) is 0 Å². The third kappa shape index (κ3) is 4.31. The molecule has 1 fully saturated rings. The topological polar surface area (TPSA) is 76.3 Å². The van der Waals surface area contributed by atoms with Crippen molar-refractivity contribution >= 4 is 11.6 Å². The predicted octanol–water partition coefficient (Wildman–Crippen LogP) is 1.49. The molecule has 0 amide bonds. The summed E-state index contributed by atoms with van der Waals surface area (Å²) >= 11 is 0. The minimum absolute atomic E-state index is 0.405. The highest BCUT2D eigenvalue weighted by Gasteiger charge is 2.19. The number of anilines is 2. The van der Waals surface area contributed by atoms with Crippen LogP contribution in [0.4, 0.5) is 11.6 Å². The zero-order valence-electron chi connectivity index (χ0n) is 12.4. The number of likely N-dealkylation sites (tertiary alicyclic amines) is 1.